The topological polar surface area (TPSA) is 66.5 Å². The smallest absolute Gasteiger partial charge is 0.243 e. The van der Waals surface area contributed by atoms with Crippen molar-refractivity contribution < 1.29 is 13.2 Å². The van der Waals surface area contributed by atoms with Crippen molar-refractivity contribution in [1.82, 2.24) is 9.62 Å². The molecule has 6 heteroatoms. The minimum Gasteiger partial charge on any atom is -0.353 e. The molecule has 1 heterocycles. The van der Waals surface area contributed by atoms with Gasteiger partial charge in [-0.2, -0.15) is 4.31 Å². The van der Waals surface area contributed by atoms with Gasteiger partial charge < -0.3 is 5.32 Å². The molecule has 0 aliphatic carbocycles. The first kappa shape index (κ1) is 17.0. The number of amides is 1. The summed E-state index contributed by atoms with van der Waals surface area (Å²) in [6, 6.07) is 7.07. The average molecular weight is 324 g/mol. The maximum Gasteiger partial charge on any atom is 0.243 e. The lowest BCUT2D eigenvalue weighted by Gasteiger charge is -2.31. The van der Waals surface area contributed by atoms with Gasteiger partial charge in [-0.15, -0.1) is 0 Å². The molecule has 0 spiro atoms. The summed E-state index contributed by atoms with van der Waals surface area (Å²) in [6.45, 7) is 4.76. The predicted molar refractivity (Wildman–Crippen MR) is 86.0 cm³/mol. The number of piperidine rings is 1. The van der Waals surface area contributed by atoms with Gasteiger partial charge >= 0.3 is 0 Å². The van der Waals surface area contributed by atoms with Crippen LogP contribution >= 0.6 is 0 Å². The number of hydrogen-bond donors (Lipinski definition) is 1. The van der Waals surface area contributed by atoms with E-state index in [2.05, 4.69) is 5.32 Å². The van der Waals surface area contributed by atoms with Crippen molar-refractivity contribution in [3.63, 3.8) is 0 Å². The first-order valence-electron chi connectivity index (χ1n) is 7.79. The van der Waals surface area contributed by atoms with Crippen LogP contribution in [0.5, 0.6) is 0 Å². The summed E-state index contributed by atoms with van der Waals surface area (Å²) < 4.78 is 26.7. The Bertz CT molecular complexity index is 620. The van der Waals surface area contributed by atoms with E-state index >= 15 is 0 Å². The largest absolute Gasteiger partial charge is 0.353 e. The third kappa shape index (κ3) is 4.08. The maximum atomic E-state index is 12.6. The maximum absolute atomic E-state index is 12.6. The van der Waals surface area contributed by atoms with Gasteiger partial charge in [0.15, 0.2) is 0 Å². The molecule has 1 N–H and O–H groups in total. The Labute approximate surface area is 132 Å². The Morgan fingerprint density at radius 2 is 2.00 bits per heavy atom. The summed E-state index contributed by atoms with van der Waals surface area (Å²) in [4.78, 5) is 12.0. The molecule has 0 aromatic heterocycles. The number of nitrogens with one attached hydrogen (secondary N) is 1. The first-order chi connectivity index (χ1) is 10.4. The van der Waals surface area contributed by atoms with E-state index in [1.54, 1.807) is 18.2 Å². The number of aryl methyl sites for hydroxylation is 1. The Hall–Kier alpha value is -1.40. The zero-order valence-electron chi connectivity index (χ0n) is 13.2. The lowest BCUT2D eigenvalue weighted by atomic mass is 10.1. The van der Waals surface area contributed by atoms with E-state index in [0.29, 0.717) is 37.2 Å². The molecule has 0 radical (unpaired) electrons. The summed E-state index contributed by atoms with van der Waals surface area (Å²) in [5.74, 6) is 0.0579. The minimum atomic E-state index is -3.43. The summed E-state index contributed by atoms with van der Waals surface area (Å²) in [5.41, 5.74) is 0.933. The van der Waals surface area contributed by atoms with E-state index < -0.39 is 10.0 Å². The number of carbonyl (C=O) groups excluding carboxylic acids is 1. The van der Waals surface area contributed by atoms with Crippen LogP contribution < -0.4 is 5.32 Å². The molecule has 0 unspecified atom stereocenters. The second-order valence-electron chi connectivity index (χ2n) is 5.81. The molecule has 1 fully saturated rings. The molecular weight excluding hydrogens is 300 g/mol. The third-order valence-electron chi connectivity index (χ3n) is 3.92. The van der Waals surface area contributed by atoms with E-state index in [9.17, 15) is 13.2 Å². The van der Waals surface area contributed by atoms with Crippen LogP contribution in [0.1, 0.15) is 38.2 Å². The van der Waals surface area contributed by atoms with Crippen LogP contribution in [-0.4, -0.2) is 37.8 Å². The monoisotopic (exact) mass is 324 g/mol. The van der Waals surface area contributed by atoms with Crippen LogP contribution in [0.25, 0.3) is 0 Å². The quantitative estimate of drug-likeness (QED) is 0.901. The Balaban J connectivity index is 1.97. The van der Waals surface area contributed by atoms with Gasteiger partial charge in [-0.05, 0) is 43.9 Å². The van der Waals surface area contributed by atoms with Crippen LogP contribution in [0, 0.1) is 6.92 Å². The average Bonchev–Trinajstić information content (AvgIpc) is 2.48. The van der Waals surface area contributed by atoms with Gasteiger partial charge in [0.05, 0.1) is 4.90 Å². The second-order valence-corrected chi connectivity index (χ2v) is 7.75. The molecule has 1 aliphatic heterocycles. The molecular formula is C16H24N2O3S. The van der Waals surface area contributed by atoms with E-state index in [1.807, 2.05) is 19.9 Å². The molecule has 1 aliphatic rings. The summed E-state index contributed by atoms with van der Waals surface area (Å²) in [6.07, 6.45) is 2.69. The van der Waals surface area contributed by atoms with Crippen LogP contribution in [0.15, 0.2) is 29.2 Å². The van der Waals surface area contributed by atoms with Crippen LogP contribution in [0.2, 0.25) is 0 Å². The summed E-state index contributed by atoms with van der Waals surface area (Å²) >= 11 is 0. The van der Waals surface area contributed by atoms with Crippen molar-refractivity contribution in [2.75, 3.05) is 13.1 Å². The van der Waals surface area contributed by atoms with Gasteiger partial charge in [-0.25, -0.2) is 8.42 Å². The molecule has 1 aromatic rings. The molecule has 0 atom stereocenters. The predicted octanol–water partition coefficient (Wildman–Crippen LogP) is 2.06. The highest BCUT2D eigenvalue weighted by Gasteiger charge is 2.29. The van der Waals surface area contributed by atoms with Gasteiger partial charge in [0.2, 0.25) is 15.9 Å². The minimum absolute atomic E-state index is 0.0579. The van der Waals surface area contributed by atoms with Crippen molar-refractivity contribution in [3.05, 3.63) is 29.8 Å². The number of nitrogens with zero attached hydrogens (tertiary/aromatic N) is 1. The van der Waals surface area contributed by atoms with Gasteiger partial charge in [0.25, 0.3) is 0 Å². The molecule has 5 nitrogen and oxygen atoms in total. The van der Waals surface area contributed by atoms with Crippen molar-refractivity contribution >= 4 is 15.9 Å². The van der Waals surface area contributed by atoms with Crippen molar-refractivity contribution in [2.45, 2.75) is 50.5 Å². The fourth-order valence-electron chi connectivity index (χ4n) is 2.69. The summed E-state index contributed by atoms with van der Waals surface area (Å²) in [5, 5.41) is 2.98. The highest BCUT2D eigenvalue weighted by Crippen LogP contribution is 2.21. The van der Waals surface area contributed by atoms with Crippen molar-refractivity contribution in [1.29, 1.82) is 0 Å². The van der Waals surface area contributed by atoms with Crippen LogP contribution in [0.3, 0.4) is 0 Å². The van der Waals surface area contributed by atoms with Gasteiger partial charge in [-0.3, -0.25) is 4.79 Å². The van der Waals surface area contributed by atoms with E-state index in [1.165, 1.54) is 4.31 Å². The number of rotatable bonds is 5. The molecule has 0 bridgehead atoms. The number of hydrogen-bond acceptors (Lipinski definition) is 3. The van der Waals surface area contributed by atoms with E-state index in [0.717, 1.165) is 12.0 Å². The van der Waals surface area contributed by atoms with Crippen LogP contribution in [0.4, 0.5) is 0 Å². The molecule has 1 aromatic carbocycles. The molecule has 0 saturated carbocycles. The zero-order chi connectivity index (χ0) is 16.2. The molecule has 1 amide bonds. The fraction of sp³-hybridized carbons (Fsp3) is 0.562. The number of benzene rings is 1. The first-order valence-corrected chi connectivity index (χ1v) is 9.23. The standard InChI is InChI=1S/C16H24N2O3S/c1-3-5-16(19)17-14-8-10-18(11-9-14)22(20,21)15-7-4-6-13(2)12-15/h4,6-7,12,14H,3,5,8-11H2,1-2H3,(H,17,19). The number of carbonyl (C=O) groups is 1. The third-order valence-corrected chi connectivity index (χ3v) is 5.82. The highest BCUT2D eigenvalue weighted by molar-refractivity contribution is 7.89. The van der Waals surface area contributed by atoms with E-state index in [-0.39, 0.29) is 11.9 Å². The lowest BCUT2D eigenvalue weighted by Crippen LogP contribution is -2.46. The molecule has 22 heavy (non-hydrogen) atoms. The van der Waals surface area contributed by atoms with Gasteiger partial charge in [0, 0.05) is 25.6 Å². The van der Waals surface area contributed by atoms with Gasteiger partial charge in [0.1, 0.15) is 0 Å². The number of sulfonamides is 1. The summed E-state index contributed by atoms with van der Waals surface area (Å²) in [7, 11) is -3.43. The Kier molecular flexibility index (Phi) is 5.58. The molecule has 1 saturated heterocycles. The lowest BCUT2D eigenvalue weighted by molar-refractivity contribution is -0.122. The van der Waals surface area contributed by atoms with Crippen molar-refractivity contribution in [3.8, 4) is 0 Å². The van der Waals surface area contributed by atoms with Crippen LogP contribution in [-0.2, 0) is 14.8 Å². The fourth-order valence-corrected chi connectivity index (χ4v) is 4.27. The highest BCUT2D eigenvalue weighted by atomic mass is 32.2. The molecule has 2 rings (SSSR count). The van der Waals surface area contributed by atoms with E-state index in [4.69, 9.17) is 0 Å². The SMILES string of the molecule is CCCC(=O)NC1CCN(S(=O)(=O)c2cccc(C)c2)CC1. The van der Waals surface area contributed by atoms with Crippen molar-refractivity contribution in [2.24, 2.45) is 0 Å². The Morgan fingerprint density at radius 3 is 2.59 bits per heavy atom. The Morgan fingerprint density at radius 1 is 1.32 bits per heavy atom. The second kappa shape index (κ2) is 7.24. The normalized spacial score (nSPS) is 17.4. The molecule has 122 valence electrons. The van der Waals surface area contributed by atoms with Gasteiger partial charge in [-0.1, -0.05) is 19.1 Å². The zero-order valence-corrected chi connectivity index (χ0v) is 14.0.